The van der Waals surface area contributed by atoms with Crippen LogP contribution in [0, 0.1) is 6.92 Å². The highest BCUT2D eigenvalue weighted by Gasteiger charge is 2.00. The molecule has 0 aliphatic rings. The van der Waals surface area contributed by atoms with Crippen molar-refractivity contribution in [1.82, 2.24) is 14.6 Å². The first-order valence-corrected chi connectivity index (χ1v) is 4.10. The summed E-state index contributed by atoms with van der Waals surface area (Å²) in [5, 5.41) is 4.09. The van der Waals surface area contributed by atoms with E-state index in [1.165, 1.54) is 11.1 Å². The van der Waals surface area contributed by atoms with Crippen LogP contribution in [0.1, 0.15) is 18.1 Å². The first kappa shape index (κ1) is 7.28. The first-order chi connectivity index (χ1) is 5.81. The van der Waals surface area contributed by atoms with Crippen LogP contribution >= 0.6 is 0 Å². The van der Waals surface area contributed by atoms with Gasteiger partial charge in [0.1, 0.15) is 6.33 Å². The Kier molecular flexibility index (Phi) is 1.57. The zero-order valence-corrected chi connectivity index (χ0v) is 7.28. The fourth-order valence-electron chi connectivity index (χ4n) is 1.36. The van der Waals surface area contributed by atoms with E-state index in [2.05, 4.69) is 30.0 Å². The molecule has 62 valence electrons. The van der Waals surface area contributed by atoms with Crippen molar-refractivity contribution in [3.05, 3.63) is 29.7 Å². The molecule has 0 unspecified atom stereocenters. The van der Waals surface area contributed by atoms with E-state index < -0.39 is 0 Å². The maximum Gasteiger partial charge on any atom is 0.158 e. The highest BCUT2D eigenvalue weighted by molar-refractivity contribution is 5.46. The number of hydrogen-bond acceptors (Lipinski definition) is 2. The van der Waals surface area contributed by atoms with E-state index in [0.29, 0.717) is 0 Å². The van der Waals surface area contributed by atoms with Crippen LogP contribution in [0.4, 0.5) is 0 Å². The number of aryl methyl sites for hydroxylation is 2. The third-order valence-electron chi connectivity index (χ3n) is 2.02. The SMILES string of the molecule is CCc1cc(C)c2ncnn2c1. The lowest BCUT2D eigenvalue weighted by molar-refractivity contribution is 0.930. The van der Waals surface area contributed by atoms with Crippen LogP contribution in [0.15, 0.2) is 18.6 Å². The van der Waals surface area contributed by atoms with E-state index in [1.807, 2.05) is 10.7 Å². The molecule has 0 N–H and O–H groups in total. The van der Waals surface area contributed by atoms with Gasteiger partial charge >= 0.3 is 0 Å². The van der Waals surface area contributed by atoms with Crippen LogP contribution in [-0.4, -0.2) is 14.6 Å². The molecule has 2 rings (SSSR count). The fraction of sp³-hybridized carbons (Fsp3) is 0.333. The number of pyridine rings is 1. The minimum absolute atomic E-state index is 0.951. The van der Waals surface area contributed by atoms with Crippen molar-refractivity contribution in [2.45, 2.75) is 20.3 Å². The number of fused-ring (bicyclic) bond motifs is 1. The molecule has 2 heterocycles. The summed E-state index contributed by atoms with van der Waals surface area (Å²) in [7, 11) is 0. The van der Waals surface area contributed by atoms with Gasteiger partial charge in [-0.05, 0) is 24.5 Å². The molecule has 0 atom stereocenters. The van der Waals surface area contributed by atoms with Gasteiger partial charge in [-0.25, -0.2) is 9.50 Å². The average molecular weight is 161 g/mol. The van der Waals surface area contributed by atoms with Gasteiger partial charge in [0.25, 0.3) is 0 Å². The Labute approximate surface area is 71.1 Å². The first-order valence-electron chi connectivity index (χ1n) is 4.10. The summed E-state index contributed by atoms with van der Waals surface area (Å²) in [6, 6.07) is 2.16. The van der Waals surface area contributed by atoms with Crippen LogP contribution in [0.5, 0.6) is 0 Å². The van der Waals surface area contributed by atoms with Gasteiger partial charge in [-0.15, -0.1) is 0 Å². The monoisotopic (exact) mass is 161 g/mol. The molecule has 0 amide bonds. The molecule has 0 bridgehead atoms. The van der Waals surface area contributed by atoms with E-state index in [0.717, 1.165) is 12.1 Å². The lowest BCUT2D eigenvalue weighted by Gasteiger charge is -2.00. The Bertz CT molecular complexity index is 403. The zero-order valence-electron chi connectivity index (χ0n) is 7.28. The molecule has 2 aromatic rings. The van der Waals surface area contributed by atoms with Gasteiger partial charge in [-0.3, -0.25) is 0 Å². The van der Waals surface area contributed by atoms with Crippen molar-refractivity contribution < 1.29 is 0 Å². The summed E-state index contributed by atoms with van der Waals surface area (Å²) in [5.41, 5.74) is 3.43. The molecule has 0 saturated heterocycles. The quantitative estimate of drug-likeness (QED) is 0.636. The topological polar surface area (TPSA) is 30.2 Å². The molecular formula is C9H11N3. The molecule has 0 radical (unpaired) electrons. The largest absolute Gasteiger partial charge is 0.221 e. The molecular weight excluding hydrogens is 150 g/mol. The van der Waals surface area contributed by atoms with Crippen molar-refractivity contribution in [2.24, 2.45) is 0 Å². The van der Waals surface area contributed by atoms with Crippen molar-refractivity contribution in [3.8, 4) is 0 Å². The van der Waals surface area contributed by atoms with E-state index in [9.17, 15) is 0 Å². The molecule has 0 aromatic carbocycles. The van der Waals surface area contributed by atoms with Crippen LogP contribution in [0.2, 0.25) is 0 Å². The van der Waals surface area contributed by atoms with Crippen LogP contribution in [0.3, 0.4) is 0 Å². The molecule has 2 aromatic heterocycles. The van der Waals surface area contributed by atoms with Crippen molar-refractivity contribution >= 4 is 5.65 Å². The lowest BCUT2D eigenvalue weighted by atomic mass is 10.2. The third kappa shape index (κ3) is 0.978. The van der Waals surface area contributed by atoms with Crippen molar-refractivity contribution in [3.63, 3.8) is 0 Å². The molecule has 0 fully saturated rings. The highest BCUT2D eigenvalue weighted by atomic mass is 15.3. The summed E-state index contributed by atoms with van der Waals surface area (Å²) in [5.74, 6) is 0. The van der Waals surface area contributed by atoms with Gasteiger partial charge in [0.15, 0.2) is 5.65 Å². The second kappa shape index (κ2) is 2.59. The lowest BCUT2D eigenvalue weighted by Crippen LogP contribution is -1.93. The second-order valence-corrected chi connectivity index (χ2v) is 2.91. The summed E-state index contributed by atoms with van der Waals surface area (Å²) in [6.07, 6.45) is 4.65. The molecule has 0 aliphatic heterocycles. The van der Waals surface area contributed by atoms with E-state index in [4.69, 9.17) is 0 Å². The number of nitrogens with zero attached hydrogens (tertiary/aromatic N) is 3. The summed E-state index contributed by atoms with van der Waals surface area (Å²) >= 11 is 0. The maximum absolute atomic E-state index is 4.15. The summed E-state index contributed by atoms with van der Waals surface area (Å²) in [4.78, 5) is 4.15. The van der Waals surface area contributed by atoms with Gasteiger partial charge in [0.05, 0.1) is 0 Å². The third-order valence-corrected chi connectivity index (χ3v) is 2.02. The van der Waals surface area contributed by atoms with Gasteiger partial charge < -0.3 is 0 Å². The zero-order chi connectivity index (χ0) is 8.55. The Morgan fingerprint density at radius 1 is 1.50 bits per heavy atom. The molecule has 0 aliphatic carbocycles. The standard InChI is InChI=1S/C9H11N3/c1-3-8-4-7(2)9-10-6-11-12(9)5-8/h4-6H,3H2,1-2H3. The predicted octanol–water partition coefficient (Wildman–Crippen LogP) is 1.60. The number of rotatable bonds is 1. The van der Waals surface area contributed by atoms with Crippen LogP contribution in [0.25, 0.3) is 5.65 Å². The Balaban J connectivity index is 2.75. The van der Waals surface area contributed by atoms with Gasteiger partial charge in [-0.2, -0.15) is 5.10 Å². The van der Waals surface area contributed by atoms with E-state index in [-0.39, 0.29) is 0 Å². The summed E-state index contributed by atoms with van der Waals surface area (Å²) in [6.45, 7) is 4.20. The summed E-state index contributed by atoms with van der Waals surface area (Å²) < 4.78 is 1.83. The number of hydrogen-bond donors (Lipinski definition) is 0. The second-order valence-electron chi connectivity index (χ2n) is 2.91. The predicted molar refractivity (Wildman–Crippen MR) is 47.1 cm³/mol. The van der Waals surface area contributed by atoms with Gasteiger partial charge in [0, 0.05) is 6.20 Å². The van der Waals surface area contributed by atoms with Crippen molar-refractivity contribution in [2.75, 3.05) is 0 Å². The van der Waals surface area contributed by atoms with E-state index in [1.54, 1.807) is 6.33 Å². The number of aromatic nitrogens is 3. The average Bonchev–Trinajstić information content (AvgIpc) is 2.52. The Morgan fingerprint density at radius 3 is 3.08 bits per heavy atom. The minimum Gasteiger partial charge on any atom is -0.221 e. The Morgan fingerprint density at radius 2 is 2.33 bits per heavy atom. The van der Waals surface area contributed by atoms with Gasteiger partial charge in [-0.1, -0.05) is 13.0 Å². The molecule has 3 heteroatoms. The van der Waals surface area contributed by atoms with Crippen LogP contribution in [-0.2, 0) is 6.42 Å². The smallest absolute Gasteiger partial charge is 0.158 e. The molecule has 3 nitrogen and oxygen atoms in total. The van der Waals surface area contributed by atoms with E-state index >= 15 is 0 Å². The highest BCUT2D eigenvalue weighted by Crippen LogP contribution is 2.09. The molecule has 12 heavy (non-hydrogen) atoms. The molecule has 0 spiro atoms. The van der Waals surface area contributed by atoms with Crippen LogP contribution < -0.4 is 0 Å². The fourth-order valence-corrected chi connectivity index (χ4v) is 1.36. The van der Waals surface area contributed by atoms with Gasteiger partial charge in [0.2, 0.25) is 0 Å². The normalized spacial score (nSPS) is 10.8. The Hall–Kier alpha value is -1.38. The van der Waals surface area contributed by atoms with Crippen molar-refractivity contribution in [1.29, 1.82) is 0 Å². The minimum atomic E-state index is 0.951. The maximum atomic E-state index is 4.15. The molecule has 0 saturated carbocycles.